The van der Waals surface area contributed by atoms with Gasteiger partial charge in [-0.15, -0.1) is 0 Å². The first-order chi connectivity index (χ1) is 9.28. The van der Waals surface area contributed by atoms with Crippen molar-refractivity contribution in [2.45, 2.75) is 12.5 Å². The van der Waals surface area contributed by atoms with Gasteiger partial charge < -0.3 is 15.5 Å². The van der Waals surface area contributed by atoms with Crippen LogP contribution in [0.2, 0.25) is 0 Å². The lowest BCUT2D eigenvalue weighted by molar-refractivity contribution is -0.384. The number of aromatic carboxylic acids is 1. The molecule has 0 aromatic heterocycles. The number of thioether (sulfide) groups is 1. The summed E-state index contributed by atoms with van der Waals surface area (Å²) in [5.74, 6) is -0.914. The molecule has 0 fully saturated rings. The molecule has 0 aliphatic rings. The maximum Gasteiger partial charge on any atom is 0.342 e. The van der Waals surface area contributed by atoms with Gasteiger partial charge in [0.2, 0.25) is 0 Å². The smallest absolute Gasteiger partial charge is 0.342 e. The van der Waals surface area contributed by atoms with Gasteiger partial charge in [0.1, 0.15) is 11.3 Å². The zero-order chi connectivity index (χ0) is 15.3. The van der Waals surface area contributed by atoms with E-state index in [9.17, 15) is 20.0 Å². The Kier molecular flexibility index (Phi) is 5.34. The Bertz CT molecular complexity index is 519. The Hall–Kier alpha value is -1.80. The highest BCUT2D eigenvalue weighted by Gasteiger charge is 2.26. The van der Waals surface area contributed by atoms with Crippen molar-refractivity contribution >= 4 is 29.1 Å². The summed E-state index contributed by atoms with van der Waals surface area (Å²) in [5, 5.41) is 32.8. The second-order valence-electron chi connectivity index (χ2n) is 4.55. The van der Waals surface area contributed by atoms with Gasteiger partial charge in [-0.05, 0) is 25.3 Å². The Labute approximate surface area is 120 Å². The lowest BCUT2D eigenvalue weighted by atomic mass is 10.1. The second-order valence-corrected chi connectivity index (χ2v) is 5.41. The standard InChI is InChI=1S/C12H16N2O5S/c1-12(17,7-20-2)6-13-9-5-3-4-8(11(15)16)10(9)14(18)19/h3-5,13,17H,6-7H2,1-2H3,(H,15,16). The summed E-state index contributed by atoms with van der Waals surface area (Å²) in [6.45, 7) is 1.68. The van der Waals surface area contributed by atoms with Gasteiger partial charge in [0.05, 0.1) is 10.5 Å². The Morgan fingerprint density at radius 2 is 2.20 bits per heavy atom. The summed E-state index contributed by atoms with van der Waals surface area (Å²) < 4.78 is 0. The van der Waals surface area contributed by atoms with Gasteiger partial charge in [0.15, 0.2) is 0 Å². The minimum absolute atomic E-state index is 0.0799. The van der Waals surface area contributed by atoms with E-state index in [2.05, 4.69) is 5.32 Å². The van der Waals surface area contributed by atoms with E-state index in [0.29, 0.717) is 5.75 Å². The normalized spacial score (nSPS) is 13.6. The number of nitrogens with zero attached hydrogens (tertiary/aromatic N) is 1. The molecular weight excluding hydrogens is 284 g/mol. The van der Waals surface area contributed by atoms with Gasteiger partial charge in [-0.25, -0.2) is 4.79 Å². The van der Waals surface area contributed by atoms with E-state index in [1.54, 1.807) is 6.92 Å². The van der Waals surface area contributed by atoms with Gasteiger partial charge in [-0.2, -0.15) is 11.8 Å². The maximum atomic E-state index is 11.0. The van der Waals surface area contributed by atoms with E-state index in [-0.39, 0.29) is 17.8 Å². The molecule has 0 heterocycles. The van der Waals surface area contributed by atoms with Crippen LogP contribution in [0.25, 0.3) is 0 Å². The first-order valence-corrected chi connectivity index (χ1v) is 7.14. The van der Waals surface area contributed by atoms with Gasteiger partial charge in [-0.3, -0.25) is 10.1 Å². The predicted octanol–water partition coefficient (Wildman–Crippen LogP) is 1.82. The zero-order valence-corrected chi connectivity index (χ0v) is 11.9. The van der Waals surface area contributed by atoms with Crippen molar-refractivity contribution in [3.05, 3.63) is 33.9 Å². The summed E-state index contributed by atoms with van der Waals surface area (Å²) >= 11 is 1.44. The molecule has 1 unspecified atom stereocenters. The first kappa shape index (κ1) is 16.3. The van der Waals surface area contributed by atoms with Crippen LogP contribution in [-0.2, 0) is 0 Å². The van der Waals surface area contributed by atoms with Gasteiger partial charge in [-0.1, -0.05) is 6.07 Å². The fourth-order valence-corrected chi connectivity index (χ4v) is 2.43. The number of hydrogen-bond donors (Lipinski definition) is 3. The summed E-state index contributed by atoms with van der Waals surface area (Å²) in [6.07, 6.45) is 1.84. The number of anilines is 1. The lowest BCUT2D eigenvalue weighted by Gasteiger charge is -2.23. The Morgan fingerprint density at radius 3 is 2.70 bits per heavy atom. The lowest BCUT2D eigenvalue weighted by Crippen LogP contribution is -2.36. The van der Waals surface area contributed by atoms with Crippen LogP contribution in [0.15, 0.2) is 18.2 Å². The molecule has 20 heavy (non-hydrogen) atoms. The third-order valence-corrected chi connectivity index (χ3v) is 3.47. The van der Waals surface area contributed by atoms with Crippen LogP contribution < -0.4 is 5.32 Å². The largest absolute Gasteiger partial charge is 0.477 e. The summed E-state index contributed by atoms with van der Waals surface area (Å²) in [6, 6.07) is 4.01. The number of carboxylic acid groups (broad SMARTS) is 1. The quantitative estimate of drug-likeness (QED) is 0.520. The van der Waals surface area contributed by atoms with Gasteiger partial charge >= 0.3 is 11.7 Å². The van der Waals surface area contributed by atoms with Crippen molar-refractivity contribution in [1.82, 2.24) is 0 Å². The highest BCUT2D eigenvalue weighted by atomic mass is 32.2. The molecule has 1 aromatic rings. The summed E-state index contributed by atoms with van der Waals surface area (Å²) in [4.78, 5) is 21.3. The van der Waals surface area contributed by atoms with Crippen LogP contribution in [0.4, 0.5) is 11.4 Å². The molecule has 0 aliphatic carbocycles. The second kappa shape index (κ2) is 6.58. The molecule has 0 bridgehead atoms. The van der Waals surface area contributed by atoms with Crippen LogP contribution >= 0.6 is 11.8 Å². The van der Waals surface area contributed by atoms with E-state index in [0.717, 1.165) is 0 Å². The summed E-state index contributed by atoms with van der Waals surface area (Å²) in [5.41, 5.74) is -1.85. The predicted molar refractivity (Wildman–Crippen MR) is 77.6 cm³/mol. The molecule has 0 aliphatic heterocycles. The number of benzene rings is 1. The van der Waals surface area contributed by atoms with Crippen molar-refractivity contribution < 1.29 is 19.9 Å². The molecule has 1 atom stereocenters. The molecule has 1 aromatic carbocycles. The molecule has 0 saturated heterocycles. The van der Waals surface area contributed by atoms with Gasteiger partial charge in [0, 0.05) is 12.3 Å². The minimum Gasteiger partial charge on any atom is -0.477 e. The van der Waals surface area contributed by atoms with E-state index >= 15 is 0 Å². The topological polar surface area (TPSA) is 113 Å². The molecular formula is C12H16N2O5S. The van der Waals surface area contributed by atoms with Crippen molar-refractivity contribution in [3.63, 3.8) is 0 Å². The number of carboxylic acids is 1. The van der Waals surface area contributed by atoms with Gasteiger partial charge in [0.25, 0.3) is 0 Å². The molecule has 1 rings (SSSR count). The fraction of sp³-hybridized carbons (Fsp3) is 0.417. The third-order valence-electron chi connectivity index (χ3n) is 2.56. The van der Waals surface area contributed by atoms with E-state index in [1.807, 2.05) is 6.26 Å². The number of aliphatic hydroxyl groups is 1. The van der Waals surface area contributed by atoms with Crippen molar-refractivity contribution in [1.29, 1.82) is 0 Å². The highest BCUT2D eigenvalue weighted by Crippen LogP contribution is 2.29. The molecule has 7 nitrogen and oxygen atoms in total. The minimum atomic E-state index is -1.36. The fourth-order valence-electron chi connectivity index (χ4n) is 1.70. The number of nitro groups is 1. The number of nitro benzene ring substituents is 1. The van der Waals surface area contributed by atoms with Crippen molar-refractivity contribution in [3.8, 4) is 0 Å². The number of rotatable bonds is 7. The zero-order valence-electron chi connectivity index (χ0n) is 11.1. The highest BCUT2D eigenvalue weighted by molar-refractivity contribution is 7.98. The maximum absolute atomic E-state index is 11.0. The molecule has 0 amide bonds. The van der Waals surface area contributed by atoms with Crippen LogP contribution in [0.5, 0.6) is 0 Å². The van der Waals surface area contributed by atoms with E-state index in [1.165, 1.54) is 30.0 Å². The van der Waals surface area contributed by atoms with Crippen LogP contribution in [-0.4, -0.2) is 45.3 Å². The van der Waals surface area contributed by atoms with Crippen LogP contribution in [0.3, 0.4) is 0 Å². The van der Waals surface area contributed by atoms with Crippen molar-refractivity contribution in [2.24, 2.45) is 0 Å². The van der Waals surface area contributed by atoms with Crippen LogP contribution in [0, 0.1) is 10.1 Å². The number of carbonyl (C=O) groups is 1. The third kappa shape index (κ3) is 4.10. The first-order valence-electron chi connectivity index (χ1n) is 5.74. The van der Waals surface area contributed by atoms with Crippen molar-refractivity contribution in [2.75, 3.05) is 23.9 Å². The molecule has 0 radical (unpaired) electrons. The average Bonchev–Trinajstić information content (AvgIpc) is 2.35. The molecule has 0 saturated carbocycles. The molecule has 8 heteroatoms. The van der Waals surface area contributed by atoms with E-state index in [4.69, 9.17) is 5.11 Å². The Balaban J connectivity index is 3.04. The number of para-hydroxylation sites is 1. The van der Waals surface area contributed by atoms with E-state index < -0.39 is 22.2 Å². The van der Waals surface area contributed by atoms with Crippen LogP contribution in [0.1, 0.15) is 17.3 Å². The summed E-state index contributed by atoms with van der Waals surface area (Å²) in [7, 11) is 0. The SMILES string of the molecule is CSCC(C)(O)CNc1cccc(C(=O)O)c1[N+](=O)[O-]. The monoisotopic (exact) mass is 300 g/mol. The molecule has 0 spiro atoms. The Morgan fingerprint density at radius 1 is 1.55 bits per heavy atom. The molecule has 3 N–H and O–H groups in total. The number of nitrogens with one attached hydrogen (secondary N) is 1. The number of hydrogen-bond acceptors (Lipinski definition) is 6. The average molecular weight is 300 g/mol. The molecule has 110 valence electrons.